The molecule has 0 aromatic rings. The van der Waals surface area contributed by atoms with E-state index < -0.39 is 89.6 Å². The molecule has 10 aliphatic carbocycles. The third kappa shape index (κ3) is 33.4. The summed E-state index contributed by atoms with van der Waals surface area (Å²) in [6, 6.07) is 0. The highest BCUT2D eigenvalue weighted by Gasteiger charge is 2.73. The zero-order chi connectivity index (χ0) is 108. The van der Waals surface area contributed by atoms with E-state index in [4.69, 9.17) is 9.47 Å². The highest BCUT2D eigenvalue weighted by molar-refractivity contribution is 5.12. The first-order valence-corrected chi connectivity index (χ1v) is 56.0. The summed E-state index contributed by atoms with van der Waals surface area (Å²) in [4.78, 5) is 0. The Morgan fingerprint density at radius 1 is 0.232 bits per heavy atom. The molecule has 0 aromatic carbocycles. The van der Waals surface area contributed by atoms with Crippen LogP contribution in [0.3, 0.4) is 0 Å². The van der Waals surface area contributed by atoms with Gasteiger partial charge in [0.25, 0.3) is 0 Å². The van der Waals surface area contributed by atoms with E-state index in [9.17, 15) is 74.6 Å². The van der Waals surface area contributed by atoms with Crippen molar-refractivity contribution < 1.29 is 84.1 Å². The minimum absolute atomic E-state index is 0.0336. The molecule has 23 atom stereocenters. The van der Waals surface area contributed by atoms with E-state index >= 15 is 0 Å². The Bertz CT molecular complexity index is 3300. The largest absolute Gasteiger partial charge is 0.395 e. The molecule has 0 aromatic heterocycles. The SMILES string of the molecule is CC(C)C1CC1(C(C)C)C(F)(F)F.CC(C)C1CC1(C(C)C)C(F)F.CC(C)C1CC1(CC(F)(F)F)C(C)C.CC(C)C1CCCC1(C(C)C)C(C)F.CC(C)C1CCCC1(C(C)C)C(F)(F)F.CC(C)C1CCCC1(CC(F)(F)F)C(C)C.CC(F)CC1(C(C)C)CC1C(C)C.CC(F)CC1(C(C)C)CCCC1C(C)C.COCC1(C(C)C)CC1C(C)C.COCC1(C(C)C)CCCC1C(C)C. The smallest absolute Gasteiger partial charge is 0.384 e. The van der Waals surface area contributed by atoms with E-state index in [0.29, 0.717) is 82.3 Å². The van der Waals surface area contributed by atoms with Crippen LogP contribution in [0.1, 0.15) is 452 Å². The summed E-state index contributed by atoms with van der Waals surface area (Å²) < 4.78 is 230. The van der Waals surface area contributed by atoms with Crippen LogP contribution in [-0.2, 0) is 9.47 Å². The molecule has 0 radical (unpaired) electrons. The molecule has 0 N–H and O–H groups in total. The van der Waals surface area contributed by atoms with E-state index in [1.165, 1.54) is 64.2 Å². The van der Waals surface area contributed by atoms with E-state index in [1.807, 2.05) is 111 Å². The van der Waals surface area contributed by atoms with Crippen molar-refractivity contribution in [2.75, 3.05) is 27.4 Å². The van der Waals surface area contributed by atoms with Crippen LogP contribution < -0.4 is 0 Å². The third-order valence-corrected chi connectivity index (χ3v) is 39.5. The minimum atomic E-state index is -4.05. The normalized spacial score (nSPS) is 33.9. The molecule has 0 saturated heterocycles. The van der Waals surface area contributed by atoms with E-state index in [2.05, 4.69) is 152 Å². The second kappa shape index (κ2) is 54.4. The molecule has 23 unspecified atom stereocenters. The van der Waals surface area contributed by atoms with Crippen molar-refractivity contribution in [2.24, 2.45) is 232 Å². The van der Waals surface area contributed by atoms with Gasteiger partial charge in [-0.1, -0.05) is 309 Å². The highest BCUT2D eigenvalue weighted by atomic mass is 19.4. The predicted molar refractivity (Wildman–Crippen MR) is 552 cm³/mol. The third-order valence-electron chi connectivity index (χ3n) is 39.5. The Morgan fingerprint density at radius 3 is 0.739 bits per heavy atom. The van der Waals surface area contributed by atoms with Gasteiger partial charge in [-0.25, -0.2) is 22.0 Å². The maximum absolute atomic E-state index is 13.9. The summed E-state index contributed by atoms with van der Waals surface area (Å²) in [5.74, 6) is 12.3. The zero-order valence-electron chi connectivity index (χ0n) is 97.3. The first-order valence-electron chi connectivity index (χ1n) is 56.0. The summed E-state index contributed by atoms with van der Waals surface area (Å²) in [7, 11) is 3.67. The summed E-state index contributed by atoms with van der Waals surface area (Å²) in [5, 5.41) is 0. The number of rotatable bonds is 32. The molecule has 138 heavy (non-hydrogen) atoms. The molecular formula is C119H221F17O2. The van der Waals surface area contributed by atoms with Crippen LogP contribution in [0.25, 0.3) is 0 Å². The minimum Gasteiger partial charge on any atom is -0.384 e. The highest BCUT2D eigenvalue weighted by Crippen LogP contribution is 2.71. The number of hydrogen-bond donors (Lipinski definition) is 0. The maximum Gasteiger partial charge on any atom is 0.395 e. The molecule has 10 rings (SSSR count). The van der Waals surface area contributed by atoms with Crippen molar-refractivity contribution in [3.63, 3.8) is 0 Å². The lowest BCUT2D eigenvalue weighted by Gasteiger charge is -2.43. The second-order valence-corrected chi connectivity index (χ2v) is 53.6. The van der Waals surface area contributed by atoms with Crippen LogP contribution in [0.5, 0.6) is 0 Å². The summed E-state index contributed by atoms with van der Waals surface area (Å²) in [6.45, 7) is 91.0. The van der Waals surface area contributed by atoms with Crippen molar-refractivity contribution in [1.29, 1.82) is 0 Å². The van der Waals surface area contributed by atoms with Crippen molar-refractivity contribution in [3.8, 4) is 0 Å². The Hall–Kier alpha value is -1.27. The monoisotopic (exact) mass is 2010 g/mol. The Balaban J connectivity index is 0.000000767. The first-order chi connectivity index (χ1) is 62.6. The fourth-order valence-corrected chi connectivity index (χ4v) is 30.9. The standard InChI is InChI=1S/C14H27F.C13H23F3.C13H25F.C13H26O.C12H21F3.C12H23F.C11H19F3.C11H22O.C10H17F3.C10H18F2/c1-10(2)13-7-6-8-14(13,11(3)4)9-12(5)15;1-9(2)11-6-5-7-12(11,10(3)4)8-13(14,15)16;1-9(2)12-7-6-8-13(12,10(3)4)11(5)14;1-10(2)12-7-6-8-13(12,9-14-5)11(3)4;1-8(2)10-6-5-7-11(10,9(3)4)12(13,14)15;1-8(2)11-7-12(11,9(3)4)6-10(5)13;1-7(2)9-5-10(9,8(3)4)6-11(12,13)14;1-8(2)10-6-11(10,7-12-5)9(3)4;1-6(2)8-5-9(8,7(3)4)10(11,12)13;1-6(2)8-5-10(8,7(3)4)9(11)12/h10-13H,6-9H2,1-5H3;9-11H,5-8H2,1-4H3;9-12H,6-8H2,1-5H3;10-12H,6-9H2,1-5H3;8-10H,5-7H2,1-4H3;8-11H,6-7H2,1-5H3;7-9H,5-6H2,1-4H3;8-10H,6-7H2,1-5H3;6-8H,5H2,1-4H3;6-9H,5H2,1-4H3. The molecule has 828 valence electrons. The van der Waals surface area contributed by atoms with E-state index in [0.717, 1.165) is 131 Å². The van der Waals surface area contributed by atoms with Gasteiger partial charge in [-0.3, -0.25) is 0 Å². The van der Waals surface area contributed by atoms with Crippen LogP contribution in [0.15, 0.2) is 0 Å². The second-order valence-electron chi connectivity index (χ2n) is 53.6. The van der Waals surface area contributed by atoms with Crippen LogP contribution in [0.4, 0.5) is 74.6 Å². The number of halogens is 17. The van der Waals surface area contributed by atoms with Gasteiger partial charge in [0.2, 0.25) is 6.43 Å². The van der Waals surface area contributed by atoms with Gasteiger partial charge in [-0.2, -0.15) is 52.7 Å². The lowest BCUT2D eigenvalue weighted by Crippen LogP contribution is -2.47. The van der Waals surface area contributed by atoms with Gasteiger partial charge >= 0.3 is 24.7 Å². The van der Waals surface area contributed by atoms with Gasteiger partial charge in [-0.15, -0.1) is 0 Å². The van der Waals surface area contributed by atoms with E-state index in [1.54, 1.807) is 48.5 Å². The molecule has 19 heteroatoms. The van der Waals surface area contributed by atoms with Crippen LogP contribution in [-0.4, -0.2) is 77.1 Å². The maximum atomic E-state index is 13.9. The predicted octanol–water partition coefficient (Wildman–Crippen LogP) is 41.4. The first kappa shape index (κ1) is 135. The fraction of sp³-hybridized carbons (Fsp3) is 1.00. The molecule has 10 aliphatic rings. The fourth-order valence-electron chi connectivity index (χ4n) is 30.9. The van der Waals surface area contributed by atoms with Gasteiger partial charge in [0.15, 0.2) is 0 Å². The Kier molecular flexibility index (Phi) is 53.2. The molecule has 0 aliphatic heterocycles. The lowest BCUT2D eigenvalue weighted by atomic mass is 9.63. The average molecular weight is 2010 g/mol. The van der Waals surface area contributed by atoms with Crippen LogP contribution >= 0.6 is 0 Å². The summed E-state index contributed by atoms with van der Waals surface area (Å²) in [5.41, 5.74) is -2.85. The molecule has 0 amide bonds. The molecule has 10 fully saturated rings. The molecule has 2 nitrogen and oxygen atoms in total. The molecule has 0 spiro atoms. The average Bonchev–Trinajstić information content (AvgIpc) is 1.55. The van der Waals surface area contributed by atoms with Gasteiger partial charge in [-0.05, 0) is 340 Å². The van der Waals surface area contributed by atoms with Crippen LogP contribution in [0, 0.1) is 232 Å². The number of hydrogen-bond acceptors (Lipinski definition) is 2. The number of methoxy groups -OCH3 is 2. The summed E-state index contributed by atoms with van der Waals surface area (Å²) in [6.07, 6.45) is 0.567. The molecular weight excluding hydrogens is 1780 g/mol. The number of alkyl halides is 17. The summed E-state index contributed by atoms with van der Waals surface area (Å²) >= 11 is 0. The molecule has 0 heterocycles. The van der Waals surface area contributed by atoms with Gasteiger partial charge in [0.05, 0.1) is 36.4 Å². The quantitative estimate of drug-likeness (QED) is 0.0625. The van der Waals surface area contributed by atoms with Gasteiger partial charge in [0, 0.05) is 37.9 Å². The Labute approximate surface area is 840 Å². The number of ether oxygens (including phenoxy) is 2. The van der Waals surface area contributed by atoms with Gasteiger partial charge < -0.3 is 9.47 Å². The van der Waals surface area contributed by atoms with Crippen molar-refractivity contribution in [3.05, 3.63) is 0 Å². The van der Waals surface area contributed by atoms with E-state index in [-0.39, 0.29) is 81.8 Å². The van der Waals surface area contributed by atoms with Crippen molar-refractivity contribution in [2.45, 2.75) is 501 Å². The van der Waals surface area contributed by atoms with Gasteiger partial charge in [0.1, 0.15) is 6.17 Å². The zero-order valence-corrected chi connectivity index (χ0v) is 97.3. The van der Waals surface area contributed by atoms with Crippen LogP contribution in [0.2, 0.25) is 0 Å². The topological polar surface area (TPSA) is 18.5 Å². The van der Waals surface area contributed by atoms with Crippen molar-refractivity contribution >= 4 is 0 Å². The molecule has 0 bridgehead atoms. The lowest BCUT2D eigenvalue weighted by molar-refractivity contribution is -0.257. The molecule has 10 saturated carbocycles. The Morgan fingerprint density at radius 2 is 0.500 bits per heavy atom. The van der Waals surface area contributed by atoms with Crippen molar-refractivity contribution in [1.82, 2.24) is 0 Å².